The van der Waals surface area contributed by atoms with E-state index < -0.39 is 11.6 Å². The van der Waals surface area contributed by atoms with Gasteiger partial charge >= 0.3 is 11.6 Å². The van der Waals surface area contributed by atoms with Crippen LogP contribution in [0.5, 0.6) is 11.5 Å². The Hall–Kier alpha value is -3.86. The van der Waals surface area contributed by atoms with E-state index in [0.29, 0.717) is 11.3 Å². The normalized spacial score (nSPS) is 10.7. The fourth-order valence-electron chi connectivity index (χ4n) is 3.22. The number of esters is 1. The van der Waals surface area contributed by atoms with E-state index in [9.17, 15) is 9.59 Å². The van der Waals surface area contributed by atoms with Gasteiger partial charge in [0.1, 0.15) is 17.1 Å². The molecule has 4 aromatic rings. The topological polar surface area (TPSA) is 65.7 Å². The molecule has 150 valence electrons. The molecule has 0 unspecified atom stereocenters. The van der Waals surface area contributed by atoms with Crippen LogP contribution in [0.25, 0.3) is 22.1 Å². The lowest BCUT2D eigenvalue weighted by molar-refractivity contribution is -0.136. The maximum atomic E-state index is 12.2. The molecular weight excluding hydrogens is 380 g/mol. The van der Waals surface area contributed by atoms with E-state index >= 15 is 0 Å². The van der Waals surface area contributed by atoms with Gasteiger partial charge in [0, 0.05) is 17.5 Å². The van der Waals surface area contributed by atoms with E-state index in [1.807, 2.05) is 62.4 Å². The van der Waals surface area contributed by atoms with Gasteiger partial charge in [-0.15, -0.1) is 0 Å². The van der Waals surface area contributed by atoms with Gasteiger partial charge in [0.2, 0.25) is 0 Å². The second-order valence-corrected chi connectivity index (χ2v) is 7.03. The smallest absolute Gasteiger partial charge is 0.349 e. The highest BCUT2D eigenvalue weighted by atomic mass is 16.6. The van der Waals surface area contributed by atoms with Crippen LogP contribution in [-0.2, 0) is 4.79 Å². The van der Waals surface area contributed by atoms with Gasteiger partial charge in [-0.2, -0.15) is 0 Å². The Morgan fingerprint density at radius 3 is 2.53 bits per heavy atom. The lowest BCUT2D eigenvalue weighted by Gasteiger charge is -2.10. The number of fused-ring (bicyclic) bond motifs is 1. The van der Waals surface area contributed by atoms with Gasteiger partial charge in [0.05, 0.1) is 0 Å². The molecule has 0 bridgehead atoms. The number of aryl methyl sites for hydroxylation is 2. The van der Waals surface area contributed by atoms with Gasteiger partial charge < -0.3 is 13.9 Å². The second kappa shape index (κ2) is 8.25. The van der Waals surface area contributed by atoms with Crippen molar-refractivity contribution in [2.24, 2.45) is 0 Å². The third kappa shape index (κ3) is 4.25. The quantitative estimate of drug-likeness (QED) is 0.266. The third-order valence-electron chi connectivity index (χ3n) is 4.72. The Morgan fingerprint density at radius 2 is 1.73 bits per heavy atom. The standard InChI is InChI=1S/C25H20O5/c1-16-8-9-17(2)22(12-16)28-15-25(27)29-19-10-11-20-21(18-6-4-3-5-7-18)14-24(26)30-23(20)13-19/h3-14H,15H2,1-2H3. The van der Waals surface area contributed by atoms with Gasteiger partial charge in [0.15, 0.2) is 6.61 Å². The van der Waals surface area contributed by atoms with Gasteiger partial charge in [-0.05, 0) is 54.3 Å². The van der Waals surface area contributed by atoms with Crippen LogP contribution >= 0.6 is 0 Å². The van der Waals surface area contributed by atoms with E-state index in [1.54, 1.807) is 18.2 Å². The van der Waals surface area contributed by atoms with Crippen molar-refractivity contribution in [2.75, 3.05) is 6.61 Å². The molecule has 1 aromatic heterocycles. The molecule has 5 nitrogen and oxygen atoms in total. The van der Waals surface area contributed by atoms with E-state index in [2.05, 4.69) is 0 Å². The molecule has 0 saturated carbocycles. The predicted molar refractivity (Wildman–Crippen MR) is 115 cm³/mol. The van der Waals surface area contributed by atoms with Crippen LogP contribution < -0.4 is 15.1 Å². The first-order valence-corrected chi connectivity index (χ1v) is 9.54. The molecule has 0 aliphatic rings. The Morgan fingerprint density at radius 1 is 0.933 bits per heavy atom. The van der Waals surface area contributed by atoms with E-state index in [-0.39, 0.29) is 12.4 Å². The minimum Gasteiger partial charge on any atom is -0.482 e. The summed E-state index contributed by atoms with van der Waals surface area (Å²) in [5.74, 6) is 0.381. The molecule has 3 aromatic carbocycles. The Labute approximate surface area is 173 Å². The summed E-state index contributed by atoms with van der Waals surface area (Å²) in [5, 5.41) is 0.757. The third-order valence-corrected chi connectivity index (χ3v) is 4.72. The van der Waals surface area contributed by atoms with Gasteiger partial charge in [-0.3, -0.25) is 0 Å². The first kappa shape index (κ1) is 19.5. The molecule has 0 aliphatic heterocycles. The van der Waals surface area contributed by atoms with Crippen molar-refractivity contribution in [3.05, 3.63) is 94.3 Å². The molecule has 0 radical (unpaired) electrons. The van der Waals surface area contributed by atoms with Crippen LogP contribution in [0.1, 0.15) is 11.1 Å². The number of benzene rings is 3. The average molecular weight is 400 g/mol. The zero-order chi connectivity index (χ0) is 21.1. The molecule has 0 fully saturated rings. The zero-order valence-electron chi connectivity index (χ0n) is 16.7. The summed E-state index contributed by atoms with van der Waals surface area (Å²) in [6.45, 7) is 3.64. The summed E-state index contributed by atoms with van der Waals surface area (Å²) in [5.41, 5.74) is 3.53. The van der Waals surface area contributed by atoms with Crippen LogP contribution in [0.2, 0.25) is 0 Å². The van der Waals surface area contributed by atoms with Crippen molar-refractivity contribution in [3.63, 3.8) is 0 Å². The highest BCUT2D eigenvalue weighted by molar-refractivity contribution is 5.94. The minimum absolute atomic E-state index is 0.226. The first-order valence-electron chi connectivity index (χ1n) is 9.54. The number of carbonyl (C=O) groups excluding carboxylic acids is 1. The summed E-state index contributed by atoms with van der Waals surface area (Å²) in [7, 11) is 0. The van der Waals surface area contributed by atoms with Crippen LogP contribution in [0.15, 0.2) is 82.0 Å². The highest BCUT2D eigenvalue weighted by Crippen LogP contribution is 2.29. The number of hydrogen-bond donors (Lipinski definition) is 0. The van der Waals surface area contributed by atoms with Crippen molar-refractivity contribution in [2.45, 2.75) is 13.8 Å². The molecule has 0 spiro atoms. The molecular formula is C25H20O5. The Balaban J connectivity index is 1.54. The Bertz CT molecular complexity index is 1270. The summed E-state index contributed by atoms with van der Waals surface area (Å²) < 4.78 is 16.3. The molecule has 4 rings (SSSR count). The fourth-order valence-corrected chi connectivity index (χ4v) is 3.22. The molecule has 0 saturated heterocycles. The summed E-state index contributed by atoms with van der Waals surface area (Å²) in [4.78, 5) is 24.3. The fraction of sp³-hybridized carbons (Fsp3) is 0.120. The van der Waals surface area contributed by atoms with E-state index in [4.69, 9.17) is 13.9 Å². The van der Waals surface area contributed by atoms with Crippen LogP contribution in [0.4, 0.5) is 0 Å². The van der Waals surface area contributed by atoms with Crippen molar-refractivity contribution in [1.82, 2.24) is 0 Å². The lowest BCUT2D eigenvalue weighted by atomic mass is 10.0. The van der Waals surface area contributed by atoms with Crippen LogP contribution in [0.3, 0.4) is 0 Å². The van der Waals surface area contributed by atoms with E-state index in [1.165, 1.54) is 6.07 Å². The van der Waals surface area contributed by atoms with Gasteiger partial charge in [-0.1, -0.05) is 42.5 Å². The average Bonchev–Trinajstić information content (AvgIpc) is 2.74. The van der Waals surface area contributed by atoms with Gasteiger partial charge in [0.25, 0.3) is 0 Å². The van der Waals surface area contributed by atoms with Crippen LogP contribution in [0, 0.1) is 13.8 Å². The van der Waals surface area contributed by atoms with Crippen molar-refractivity contribution < 1.29 is 18.7 Å². The monoisotopic (exact) mass is 400 g/mol. The van der Waals surface area contributed by atoms with Crippen LogP contribution in [-0.4, -0.2) is 12.6 Å². The maximum Gasteiger partial charge on any atom is 0.349 e. The molecule has 0 amide bonds. The van der Waals surface area contributed by atoms with Crippen molar-refractivity contribution >= 4 is 16.9 Å². The number of carbonyl (C=O) groups is 1. The van der Waals surface area contributed by atoms with Gasteiger partial charge in [-0.25, -0.2) is 9.59 Å². The Kier molecular flexibility index (Phi) is 5.35. The van der Waals surface area contributed by atoms with Crippen molar-refractivity contribution in [1.29, 1.82) is 0 Å². The molecule has 1 heterocycles. The predicted octanol–water partition coefficient (Wildman–Crippen LogP) is 5.06. The summed E-state index contributed by atoms with van der Waals surface area (Å²) in [6.07, 6.45) is 0. The maximum absolute atomic E-state index is 12.2. The summed E-state index contributed by atoms with van der Waals surface area (Å²) in [6, 6.07) is 21.8. The summed E-state index contributed by atoms with van der Waals surface area (Å²) >= 11 is 0. The highest BCUT2D eigenvalue weighted by Gasteiger charge is 2.12. The number of ether oxygens (including phenoxy) is 2. The zero-order valence-corrected chi connectivity index (χ0v) is 16.7. The van der Waals surface area contributed by atoms with Crippen molar-refractivity contribution in [3.8, 4) is 22.6 Å². The minimum atomic E-state index is -0.545. The first-order chi connectivity index (χ1) is 14.5. The second-order valence-electron chi connectivity index (χ2n) is 7.03. The number of rotatable bonds is 5. The van der Waals surface area contributed by atoms with E-state index in [0.717, 1.165) is 27.6 Å². The molecule has 5 heteroatoms. The lowest BCUT2D eigenvalue weighted by Crippen LogP contribution is -2.18. The number of hydrogen-bond acceptors (Lipinski definition) is 5. The molecule has 0 atom stereocenters. The largest absolute Gasteiger partial charge is 0.482 e. The molecule has 30 heavy (non-hydrogen) atoms. The SMILES string of the molecule is Cc1ccc(C)c(OCC(=O)Oc2ccc3c(-c4ccccc4)cc(=O)oc3c2)c1. The molecule has 0 aliphatic carbocycles. The molecule has 0 N–H and O–H groups in total.